The molecule has 2 amide bonds. The number of aliphatic hydroxyl groups is 1. The lowest BCUT2D eigenvalue weighted by molar-refractivity contribution is -0.197. The second-order valence-corrected chi connectivity index (χ2v) is 11.0. The van der Waals surface area contributed by atoms with Gasteiger partial charge >= 0.3 is 0 Å². The first-order valence-corrected chi connectivity index (χ1v) is 12.8. The lowest BCUT2D eigenvalue weighted by Gasteiger charge is -2.50. The SMILES string of the molecule is Cc1cc(C(=O)N2CCC3(CC2)CN(CC(C)(C)O)C(=O)C(c2ccccc2)O3)ccc1OC(C)C. The van der Waals surface area contributed by atoms with E-state index in [0.717, 1.165) is 16.9 Å². The number of β-amino-alcohol motifs (C(OH)–C–C–N with tert-alkyl or cyclic N) is 1. The average Bonchev–Trinajstić information content (AvgIpc) is 2.82. The van der Waals surface area contributed by atoms with Crippen LogP contribution in [0.3, 0.4) is 0 Å². The van der Waals surface area contributed by atoms with E-state index in [2.05, 4.69) is 0 Å². The molecule has 7 heteroatoms. The van der Waals surface area contributed by atoms with Gasteiger partial charge in [-0.1, -0.05) is 30.3 Å². The van der Waals surface area contributed by atoms with Crippen molar-refractivity contribution >= 4 is 11.8 Å². The number of nitrogens with zero attached hydrogens (tertiary/aromatic N) is 2. The Balaban J connectivity index is 1.50. The zero-order chi connectivity index (χ0) is 26.1. The molecule has 194 valence electrons. The predicted molar refractivity (Wildman–Crippen MR) is 138 cm³/mol. The summed E-state index contributed by atoms with van der Waals surface area (Å²) in [6.45, 7) is 11.0. The van der Waals surface area contributed by atoms with Gasteiger partial charge in [0, 0.05) is 25.2 Å². The van der Waals surface area contributed by atoms with Crippen LogP contribution >= 0.6 is 0 Å². The number of ether oxygens (including phenoxy) is 2. The van der Waals surface area contributed by atoms with Crippen LogP contribution in [0.15, 0.2) is 48.5 Å². The Morgan fingerprint density at radius 1 is 1.17 bits per heavy atom. The molecule has 0 radical (unpaired) electrons. The molecule has 0 aromatic heterocycles. The zero-order valence-electron chi connectivity index (χ0n) is 22.0. The molecule has 7 nitrogen and oxygen atoms in total. The van der Waals surface area contributed by atoms with Gasteiger partial charge in [-0.2, -0.15) is 0 Å². The maximum Gasteiger partial charge on any atom is 0.256 e. The van der Waals surface area contributed by atoms with Crippen molar-refractivity contribution in [1.82, 2.24) is 9.80 Å². The second-order valence-electron chi connectivity index (χ2n) is 11.0. The van der Waals surface area contributed by atoms with Crippen molar-refractivity contribution in [1.29, 1.82) is 0 Å². The smallest absolute Gasteiger partial charge is 0.256 e. The van der Waals surface area contributed by atoms with Crippen LogP contribution in [0.5, 0.6) is 5.75 Å². The van der Waals surface area contributed by atoms with Crippen LogP contribution in [0, 0.1) is 6.92 Å². The van der Waals surface area contributed by atoms with E-state index in [0.29, 0.717) is 38.0 Å². The summed E-state index contributed by atoms with van der Waals surface area (Å²) in [7, 11) is 0. The molecule has 36 heavy (non-hydrogen) atoms. The average molecular weight is 495 g/mol. The minimum Gasteiger partial charge on any atom is -0.491 e. The van der Waals surface area contributed by atoms with Gasteiger partial charge in [0.15, 0.2) is 6.10 Å². The molecule has 2 heterocycles. The molecule has 4 rings (SSSR count). The number of carbonyl (C=O) groups excluding carboxylic acids is 2. The highest BCUT2D eigenvalue weighted by Crippen LogP contribution is 2.39. The van der Waals surface area contributed by atoms with Gasteiger partial charge in [0.2, 0.25) is 0 Å². The largest absolute Gasteiger partial charge is 0.491 e. The van der Waals surface area contributed by atoms with Crippen LogP contribution in [0.1, 0.15) is 68.1 Å². The normalized spacial score (nSPS) is 20.2. The van der Waals surface area contributed by atoms with Gasteiger partial charge in [-0.25, -0.2) is 0 Å². The molecule has 2 aliphatic rings. The summed E-state index contributed by atoms with van der Waals surface area (Å²) >= 11 is 0. The monoisotopic (exact) mass is 494 g/mol. The molecule has 2 saturated heterocycles. The first-order chi connectivity index (χ1) is 17.0. The fraction of sp³-hybridized carbons (Fsp3) is 0.517. The van der Waals surface area contributed by atoms with Gasteiger partial charge in [0.05, 0.1) is 23.9 Å². The minimum absolute atomic E-state index is 0.0103. The molecule has 2 fully saturated rings. The number of hydrogen-bond donors (Lipinski definition) is 1. The van der Waals surface area contributed by atoms with Crippen LogP contribution in [-0.2, 0) is 9.53 Å². The Hall–Kier alpha value is -2.90. The Morgan fingerprint density at radius 2 is 1.83 bits per heavy atom. The summed E-state index contributed by atoms with van der Waals surface area (Å²) in [4.78, 5) is 30.2. The summed E-state index contributed by atoms with van der Waals surface area (Å²) in [5, 5.41) is 10.5. The lowest BCUT2D eigenvalue weighted by atomic mass is 9.86. The van der Waals surface area contributed by atoms with Gasteiger partial charge in [0.25, 0.3) is 11.8 Å². The molecular weight excluding hydrogens is 456 g/mol. The molecule has 2 aromatic carbocycles. The number of amides is 2. The zero-order valence-corrected chi connectivity index (χ0v) is 22.0. The molecular formula is C29H38N2O5. The van der Waals surface area contributed by atoms with Crippen LogP contribution in [-0.4, -0.2) is 70.2 Å². The Labute approximate surface area is 214 Å². The molecule has 1 N–H and O–H groups in total. The number of benzene rings is 2. The molecule has 0 bridgehead atoms. The van der Waals surface area contributed by atoms with Gasteiger partial charge in [-0.15, -0.1) is 0 Å². The standard InChI is InChI=1S/C29H38N2O5/c1-20(2)35-24-12-11-23(17-21(24)3)26(32)30-15-13-29(14-16-30)19-31(18-28(4,5)34)27(33)25(36-29)22-9-7-6-8-10-22/h6-12,17,20,25,34H,13-16,18-19H2,1-5H3. The quantitative estimate of drug-likeness (QED) is 0.653. The number of piperidine rings is 1. The number of aryl methyl sites for hydroxylation is 1. The van der Waals surface area contributed by atoms with E-state index in [-0.39, 0.29) is 24.5 Å². The summed E-state index contributed by atoms with van der Waals surface area (Å²) in [6, 6.07) is 15.1. The Kier molecular flexibility index (Phi) is 7.43. The van der Waals surface area contributed by atoms with Crippen LogP contribution in [0.4, 0.5) is 0 Å². The molecule has 1 spiro atoms. The van der Waals surface area contributed by atoms with Crippen molar-refractivity contribution in [3.8, 4) is 5.75 Å². The third-order valence-electron chi connectivity index (χ3n) is 6.81. The minimum atomic E-state index is -1.02. The van der Waals surface area contributed by atoms with Crippen LogP contribution in [0.2, 0.25) is 0 Å². The van der Waals surface area contributed by atoms with E-state index >= 15 is 0 Å². The predicted octanol–water partition coefficient (Wildman–Crippen LogP) is 4.13. The van der Waals surface area contributed by atoms with Gasteiger partial charge < -0.3 is 24.4 Å². The van der Waals surface area contributed by atoms with Gasteiger partial charge in [0.1, 0.15) is 5.75 Å². The highest BCUT2D eigenvalue weighted by Gasteiger charge is 2.48. The number of hydrogen-bond acceptors (Lipinski definition) is 5. The highest BCUT2D eigenvalue weighted by molar-refractivity contribution is 5.94. The fourth-order valence-corrected chi connectivity index (χ4v) is 5.11. The topological polar surface area (TPSA) is 79.3 Å². The summed E-state index contributed by atoms with van der Waals surface area (Å²) in [5.41, 5.74) is 0.798. The summed E-state index contributed by atoms with van der Waals surface area (Å²) in [6.07, 6.45) is 0.582. The lowest BCUT2D eigenvalue weighted by Crippen LogP contribution is -2.61. The summed E-state index contributed by atoms with van der Waals surface area (Å²) < 4.78 is 12.3. The first-order valence-electron chi connectivity index (χ1n) is 12.8. The van der Waals surface area contributed by atoms with Gasteiger partial charge in [-0.3, -0.25) is 9.59 Å². The number of rotatable bonds is 6. The molecule has 0 aliphatic carbocycles. The molecule has 0 saturated carbocycles. The van der Waals surface area contributed by atoms with E-state index in [4.69, 9.17) is 9.47 Å². The third kappa shape index (κ3) is 5.90. The number of morpholine rings is 1. The summed E-state index contributed by atoms with van der Waals surface area (Å²) in [5.74, 6) is 0.647. The van der Waals surface area contributed by atoms with Crippen LogP contribution < -0.4 is 4.74 Å². The Bertz CT molecular complexity index is 1080. The van der Waals surface area contributed by atoms with Crippen molar-refractivity contribution in [3.63, 3.8) is 0 Å². The first kappa shape index (κ1) is 26.2. The molecule has 2 aromatic rings. The van der Waals surface area contributed by atoms with Crippen LogP contribution in [0.25, 0.3) is 0 Å². The van der Waals surface area contributed by atoms with E-state index in [1.54, 1.807) is 18.7 Å². The maximum absolute atomic E-state index is 13.3. The highest BCUT2D eigenvalue weighted by atomic mass is 16.5. The fourth-order valence-electron chi connectivity index (χ4n) is 5.11. The van der Waals surface area contributed by atoms with Crippen molar-refractivity contribution in [3.05, 3.63) is 65.2 Å². The van der Waals surface area contributed by atoms with E-state index in [9.17, 15) is 14.7 Å². The van der Waals surface area contributed by atoms with Crippen molar-refractivity contribution in [2.45, 2.75) is 70.9 Å². The maximum atomic E-state index is 13.3. The van der Waals surface area contributed by atoms with E-state index in [1.807, 2.05) is 74.2 Å². The van der Waals surface area contributed by atoms with Gasteiger partial charge in [-0.05, 0) is 76.8 Å². The third-order valence-corrected chi connectivity index (χ3v) is 6.81. The Morgan fingerprint density at radius 3 is 2.42 bits per heavy atom. The van der Waals surface area contributed by atoms with E-state index < -0.39 is 17.3 Å². The van der Waals surface area contributed by atoms with Crippen molar-refractivity contribution < 1.29 is 24.2 Å². The molecule has 1 unspecified atom stereocenters. The molecule has 2 aliphatic heterocycles. The molecule has 1 atom stereocenters. The number of likely N-dealkylation sites (tertiary alicyclic amines) is 1. The van der Waals surface area contributed by atoms with E-state index in [1.165, 1.54) is 0 Å². The second kappa shape index (κ2) is 10.2. The number of carbonyl (C=O) groups is 2. The van der Waals surface area contributed by atoms with Crippen molar-refractivity contribution in [2.75, 3.05) is 26.2 Å². The van der Waals surface area contributed by atoms with Crippen molar-refractivity contribution in [2.24, 2.45) is 0 Å².